The summed E-state index contributed by atoms with van der Waals surface area (Å²) in [6, 6.07) is 7.37. The number of nitrogen functional groups attached to an aromatic ring is 1. The van der Waals surface area contributed by atoms with Crippen LogP contribution in [0.3, 0.4) is 0 Å². The molecule has 0 bridgehead atoms. The first-order valence-corrected chi connectivity index (χ1v) is 7.50. The van der Waals surface area contributed by atoms with Crippen molar-refractivity contribution in [3.63, 3.8) is 0 Å². The third-order valence-corrected chi connectivity index (χ3v) is 3.51. The number of nitrogens with two attached hydrogens (primary N) is 1. The molecule has 1 saturated heterocycles. The summed E-state index contributed by atoms with van der Waals surface area (Å²) in [7, 11) is 0. The maximum atomic E-state index is 11.7. The standard InChI is InChI=1S/C16H24N2O3/c17-15-4-2-13(3-5-15)10-16(19)18-7-1-8-20-11-14-6-9-21-12-14/h2-5,14H,1,6-12,17H2,(H,18,19). The van der Waals surface area contributed by atoms with E-state index in [4.69, 9.17) is 15.2 Å². The number of amides is 1. The molecule has 0 radical (unpaired) electrons. The van der Waals surface area contributed by atoms with E-state index in [9.17, 15) is 4.79 Å². The van der Waals surface area contributed by atoms with Crippen LogP contribution in [0.5, 0.6) is 0 Å². The quantitative estimate of drug-likeness (QED) is 0.560. The average molecular weight is 292 g/mol. The third kappa shape index (κ3) is 6.14. The normalized spacial score (nSPS) is 17.8. The van der Waals surface area contributed by atoms with Gasteiger partial charge in [-0.1, -0.05) is 12.1 Å². The Labute approximate surface area is 125 Å². The van der Waals surface area contributed by atoms with Crippen LogP contribution >= 0.6 is 0 Å². The van der Waals surface area contributed by atoms with Gasteiger partial charge in [-0.15, -0.1) is 0 Å². The predicted molar refractivity (Wildman–Crippen MR) is 81.9 cm³/mol. The highest BCUT2D eigenvalue weighted by Gasteiger charge is 2.15. The van der Waals surface area contributed by atoms with Crippen molar-refractivity contribution >= 4 is 11.6 Å². The molecule has 1 aliphatic rings. The van der Waals surface area contributed by atoms with Crippen LogP contribution in [0.15, 0.2) is 24.3 Å². The Morgan fingerprint density at radius 1 is 1.38 bits per heavy atom. The molecule has 5 heteroatoms. The number of carbonyl (C=O) groups is 1. The SMILES string of the molecule is Nc1ccc(CC(=O)NCCCOCC2CCOC2)cc1. The second-order valence-corrected chi connectivity index (χ2v) is 5.43. The van der Waals surface area contributed by atoms with Gasteiger partial charge < -0.3 is 20.5 Å². The largest absolute Gasteiger partial charge is 0.399 e. The Hall–Kier alpha value is -1.59. The summed E-state index contributed by atoms with van der Waals surface area (Å²) in [6.07, 6.45) is 2.32. The van der Waals surface area contributed by atoms with Crippen LogP contribution in [0.2, 0.25) is 0 Å². The van der Waals surface area contributed by atoms with E-state index in [0.29, 0.717) is 31.2 Å². The van der Waals surface area contributed by atoms with Crippen LogP contribution in [-0.4, -0.2) is 38.9 Å². The molecule has 1 fully saturated rings. The molecule has 0 aliphatic carbocycles. The number of hydrogen-bond donors (Lipinski definition) is 2. The Balaban J connectivity index is 1.49. The van der Waals surface area contributed by atoms with Crippen molar-refractivity contribution in [2.24, 2.45) is 5.92 Å². The van der Waals surface area contributed by atoms with E-state index in [1.807, 2.05) is 24.3 Å². The van der Waals surface area contributed by atoms with Crippen LogP contribution in [0.25, 0.3) is 0 Å². The summed E-state index contributed by atoms with van der Waals surface area (Å²) in [4.78, 5) is 11.7. The van der Waals surface area contributed by atoms with Crippen LogP contribution in [0, 0.1) is 5.92 Å². The zero-order chi connectivity index (χ0) is 14.9. The lowest BCUT2D eigenvalue weighted by atomic mass is 10.1. The molecular weight excluding hydrogens is 268 g/mol. The first kappa shape index (κ1) is 15.8. The lowest BCUT2D eigenvalue weighted by molar-refractivity contribution is -0.120. The van der Waals surface area contributed by atoms with Gasteiger partial charge in [-0.25, -0.2) is 0 Å². The number of rotatable bonds is 8. The van der Waals surface area contributed by atoms with Gasteiger partial charge in [0.15, 0.2) is 0 Å². The van der Waals surface area contributed by atoms with Gasteiger partial charge in [0, 0.05) is 31.4 Å². The monoisotopic (exact) mass is 292 g/mol. The number of anilines is 1. The van der Waals surface area contributed by atoms with Gasteiger partial charge in [0.05, 0.1) is 19.6 Å². The topological polar surface area (TPSA) is 73.6 Å². The molecule has 0 spiro atoms. The highest BCUT2D eigenvalue weighted by molar-refractivity contribution is 5.78. The van der Waals surface area contributed by atoms with E-state index in [1.165, 1.54) is 0 Å². The number of carbonyl (C=O) groups excluding carboxylic acids is 1. The zero-order valence-corrected chi connectivity index (χ0v) is 12.3. The maximum Gasteiger partial charge on any atom is 0.224 e. The second-order valence-electron chi connectivity index (χ2n) is 5.43. The minimum Gasteiger partial charge on any atom is -0.399 e. The van der Waals surface area contributed by atoms with E-state index in [-0.39, 0.29) is 5.91 Å². The molecule has 5 nitrogen and oxygen atoms in total. The van der Waals surface area contributed by atoms with Gasteiger partial charge in [0.2, 0.25) is 5.91 Å². The minimum absolute atomic E-state index is 0.0314. The second kappa shape index (κ2) is 8.64. The summed E-state index contributed by atoms with van der Waals surface area (Å²) in [5.41, 5.74) is 7.29. The summed E-state index contributed by atoms with van der Waals surface area (Å²) >= 11 is 0. The number of hydrogen-bond acceptors (Lipinski definition) is 4. The van der Waals surface area contributed by atoms with Crippen molar-refractivity contribution in [1.82, 2.24) is 5.32 Å². The average Bonchev–Trinajstić information content (AvgIpc) is 2.98. The molecule has 1 atom stereocenters. The summed E-state index contributed by atoms with van der Waals surface area (Å²) in [5.74, 6) is 0.578. The van der Waals surface area contributed by atoms with E-state index >= 15 is 0 Å². The fraction of sp³-hybridized carbons (Fsp3) is 0.562. The van der Waals surface area contributed by atoms with E-state index < -0.39 is 0 Å². The Morgan fingerprint density at radius 2 is 2.19 bits per heavy atom. The van der Waals surface area contributed by atoms with Gasteiger partial charge in [0.1, 0.15) is 0 Å². The third-order valence-electron chi connectivity index (χ3n) is 3.51. The molecule has 2 rings (SSSR count). The number of nitrogens with one attached hydrogen (secondary N) is 1. The van der Waals surface area contributed by atoms with E-state index in [1.54, 1.807) is 0 Å². The summed E-state index contributed by atoms with van der Waals surface area (Å²) < 4.78 is 10.9. The number of ether oxygens (including phenoxy) is 2. The molecule has 0 aromatic heterocycles. The lowest BCUT2D eigenvalue weighted by Crippen LogP contribution is -2.27. The van der Waals surface area contributed by atoms with Crippen molar-refractivity contribution in [2.45, 2.75) is 19.3 Å². The van der Waals surface area contributed by atoms with Crippen molar-refractivity contribution in [3.8, 4) is 0 Å². The molecule has 116 valence electrons. The molecule has 1 unspecified atom stereocenters. The van der Waals surface area contributed by atoms with E-state index in [0.717, 1.165) is 38.2 Å². The minimum atomic E-state index is 0.0314. The van der Waals surface area contributed by atoms with Gasteiger partial charge in [-0.05, 0) is 30.5 Å². The summed E-state index contributed by atoms with van der Waals surface area (Å²) in [5, 5.41) is 2.90. The van der Waals surface area contributed by atoms with Crippen LogP contribution in [0.1, 0.15) is 18.4 Å². The maximum absolute atomic E-state index is 11.7. The molecule has 1 aromatic rings. The van der Waals surface area contributed by atoms with Crippen LogP contribution < -0.4 is 11.1 Å². The molecule has 21 heavy (non-hydrogen) atoms. The number of benzene rings is 1. The fourth-order valence-electron chi connectivity index (χ4n) is 2.25. The van der Waals surface area contributed by atoms with Crippen molar-refractivity contribution in [1.29, 1.82) is 0 Å². The summed E-state index contributed by atoms with van der Waals surface area (Å²) in [6.45, 7) is 3.76. The first-order chi connectivity index (χ1) is 10.2. The van der Waals surface area contributed by atoms with Gasteiger partial charge in [0.25, 0.3) is 0 Å². The van der Waals surface area contributed by atoms with Gasteiger partial charge >= 0.3 is 0 Å². The molecule has 0 saturated carbocycles. The Bertz CT molecular complexity index is 428. The first-order valence-electron chi connectivity index (χ1n) is 7.50. The van der Waals surface area contributed by atoms with Gasteiger partial charge in [-0.3, -0.25) is 4.79 Å². The van der Waals surface area contributed by atoms with E-state index in [2.05, 4.69) is 5.32 Å². The van der Waals surface area contributed by atoms with Crippen molar-refractivity contribution < 1.29 is 14.3 Å². The fourth-order valence-corrected chi connectivity index (χ4v) is 2.25. The van der Waals surface area contributed by atoms with Crippen molar-refractivity contribution in [2.75, 3.05) is 38.7 Å². The smallest absolute Gasteiger partial charge is 0.224 e. The predicted octanol–water partition coefficient (Wildman–Crippen LogP) is 1.37. The molecular formula is C16H24N2O3. The zero-order valence-electron chi connectivity index (χ0n) is 12.3. The Morgan fingerprint density at radius 3 is 2.90 bits per heavy atom. The van der Waals surface area contributed by atoms with Crippen LogP contribution in [0.4, 0.5) is 5.69 Å². The molecule has 1 aromatic carbocycles. The molecule has 1 heterocycles. The molecule has 1 aliphatic heterocycles. The Kier molecular flexibility index (Phi) is 6.50. The van der Waals surface area contributed by atoms with Gasteiger partial charge in [-0.2, -0.15) is 0 Å². The molecule has 3 N–H and O–H groups in total. The highest BCUT2D eigenvalue weighted by atomic mass is 16.5. The lowest BCUT2D eigenvalue weighted by Gasteiger charge is -2.09. The highest BCUT2D eigenvalue weighted by Crippen LogP contribution is 2.12. The molecule has 1 amide bonds. The van der Waals surface area contributed by atoms with Crippen LogP contribution in [-0.2, 0) is 20.7 Å². The van der Waals surface area contributed by atoms with Crippen molar-refractivity contribution in [3.05, 3.63) is 29.8 Å².